The van der Waals surface area contributed by atoms with Crippen LogP contribution in [0, 0.1) is 0 Å². The van der Waals surface area contributed by atoms with Gasteiger partial charge in [-0.25, -0.2) is 0 Å². The third kappa shape index (κ3) is 2.37. The van der Waals surface area contributed by atoms with Crippen LogP contribution in [-0.4, -0.2) is 11.4 Å². The zero-order chi connectivity index (χ0) is 18.5. The summed E-state index contributed by atoms with van der Waals surface area (Å²) < 4.78 is 19.4. The van der Waals surface area contributed by atoms with Gasteiger partial charge in [-0.15, -0.1) is 0 Å². The van der Waals surface area contributed by atoms with Gasteiger partial charge in [-0.2, -0.15) is 0 Å². The van der Waals surface area contributed by atoms with Crippen LogP contribution in [-0.2, 0) is 6.54 Å². The van der Waals surface area contributed by atoms with Crippen molar-refractivity contribution in [1.82, 2.24) is 9.88 Å². The van der Waals surface area contributed by atoms with E-state index in [1.165, 1.54) is 0 Å². The van der Waals surface area contributed by atoms with E-state index in [1.54, 1.807) is 0 Å². The SMILES string of the molecule is c1ccc(-c2cc3c(o2)-n2cccc2C(c2ccc4c(c2)OCO4)NC3)cc1. The average Bonchev–Trinajstić information content (AvgIpc) is 3.47. The number of hydrogen-bond donors (Lipinski definition) is 1. The van der Waals surface area contributed by atoms with Gasteiger partial charge in [0.1, 0.15) is 5.76 Å². The second kappa shape index (κ2) is 6.04. The molecule has 5 nitrogen and oxygen atoms in total. The van der Waals surface area contributed by atoms with E-state index in [4.69, 9.17) is 13.9 Å². The molecule has 2 aromatic heterocycles. The highest BCUT2D eigenvalue weighted by molar-refractivity contribution is 5.61. The summed E-state index contributed by atoms with van der Waals surface area (Å²) in [4.78, 5) is 0. The first kappa shape index (κ1) is 15.6. The van der Waals surface area contributed by atoms with Gasteiger partial charge in [0.25, 0.3) is 0 Å². The third-order valence-corrected chi connectivity index (χ3v) is 5.37. The van der Waals surface area contributed by atoms with Gasteiger partial charge in [0, 0.05) is 29.6 Å². The van der Waals surface area contributed by atoms with Crippen LogP contribution in [0.25, 0.3) is 17.2 Å². The van der Waals surface area contributed by atoms with Gasteiger partial charge in [0.15, 0.2) is 11.5 Å². The van der Waals surface area contributed by atoms with Crippen LogP contribution < -0.4 is 14.8 Å². The van der Waals surface area contributed by atoms with Crippen LogP contribution in [0.2, 0.25) is 0 Å². The normalized spacial score (nSPS) is 17.1. The largest absolute Gasteiger partial charge is 0.454 e. The number of nitrogens with zero attached hydrogens (tertiary/aromatic N) is 1. The van der Waals surface area contributed by atoms with E-state index in [-0.39, 0.29) is 12.8 Å². The molecule has 4 heterocycles. The van der Waals surface area contributed by atoms with E-state index in [0.717, 1.165) is 45.5 Å². The van der Waals surface area contributed by atoms with Crippen molar-refractivity contribution in [2.75, 3.05) is 6.79 Å². The molecule has 0 spiro atoms. The van der Waals surface area contributed by atoms with Gasteiger partial charge in [-0.3, -0.25) is 4.57 Å². The molecule has 0 saturated carbocycles. The lowest BCUT2D eigenvalue weighted by Gasteiger charge is -2.18. The van der Waals surface area contributed by atoms with E-state index in [1.807, 2.05) is 24.3 Å². The van der Waals surface area contributed by atoms with Crippen molar-refractivity contribution in [3.8, 4) is 28.7 Å². The van der Waals surface area contributed by atoms with Crippen molar-refractivity contribution in [3.63, 3.8) is 0 Å². The van der Waals surface area contributed by atoms with Crippen LogP contribution in [0.15, 0.2) is 77.3 Å². The maximum absolute atomic E-state index is 6.29. The van der Waals surface area contributed by atoms with E-state index in [2.05, 4.69) is 58.5 Å². The first-order chi connectivity index (χ1) is 13.9. The highest BCUT2D eigenvalue weighted by atomic mass is 16.7. The van der Waals surface area contributed by atoms with Gasteiger partial charge in [0.2, 0.25) is 12.7 Å². The Morgan fingerprint density at radius 1 is 0.893 bits per heavy atom. The highest BCUT2D eigenvalue weighted by Crippen LogP contribution is 2.38. The maximum atomic E-state index is 6.29. The molecule has 6 rings (SSSR count). The minimum Gasteiger partial charge on any atom is -0.454 e. The smallest absolute Gasteiger partial charge is 0.231 e. The van der Waals surface area contributed by atoms with Crippen molar-refractivity contribution >= 4 is 0 Å². The quantitative estimate of drug-likeness (QED) is 0.558. The molecule has 0 radical (unpaired) electrons. The fourth-order valence-corrected chi connectivity index (χ4v) is 4.01. The number of hydrogen-bond acceptors (Lipinski definition) is 4. The topological polar surface area (TPSA) is 48.6 Å². The van der Waals surface area contributed by atoms with Gasteiger partial charge >= 0.3 is 0 Å². The van der Waals surface area contributed by atoms with E-state index in [9.17, 15) is 0 Å². The molecule has 1 N–H and O–H groups in total. The fourth-order valence-electron chi connectivity index (χ4n) is 4.01. The summed E-state index contributed by atoms with van der Waals surface area (Å²) in [6.45, 7) is 0.996. The molecule has 1 atom stereocenters. The second-order valence-electron chi connectivity index (χ2n) is 7.04. The molecule has 0 saturated heterocycles. The first-order valence-corrected chi connectivity index (χ1v) is 9.35. The minimum absolute atomic E-state index is 0.0345. The predicted octanol–water partition coefficient (Wildman–Crippen LogP) is 4.66. The molecule has 4 aromatic rings. The summed E-state index contributed by atoms with van der Waals surface area (Å²) in [5.74, 6) is 3.35. The van der Waals surface area contributed by atoms with Crippen LogP contribution in [0.1, 0.15) is 22.9 Å². The molecule has 0 aliphatic carbocycles. The lowest BCUT2D eigenvalue weighted by atomic mass is 10.0. The molecular weight excluding hydrogens is 352 g/mol. The van der Waals surface area contributed by atoms with Crippen LogP contribution in [0.4, 0.5) is 0 Å². The minimum atomic E-state index is 0.0345. The monoisotopic (exact) mass is 370 g/mol. The van der Waals surface area contributed by atoms with Gasteiger partial charge in [0.05, 0.1) is 6.04 Å². The lowest BCUT2D eigenvalue weighted by Crippen LogP contribution is -2.21. The van der Waals surface area contributed by atoms with Crippen molar-refractivity contribution in [2.45, 2.75) is 12.6 Å². The molecule has 2 aromatic carbocycles. The van der Waals surface area contributed by atoms with E-state index >= 15 is 0 Å². The Labute approximate surface area is 162 Å². The molecule has 0 amide bonds. The molecule has 28 heavy (non-hydrogen) atoms. The summed E-state index contributed by atoms with van der Waals surface area (Å²) in [7, 11) is 0. The zero-order valence-electron chi connectivity index (χ0n) is 15.1. The van der Waals surface area contributed by atoms with Crippen molar-refractivity contribution in [1.29, 1.82) is 0 Å². The summed E-state index contributed by atoms with van der Waals surface area (Å²) in [5, 5.41) is 3.68. The Hall–Kier alpha value is -3.44. The number of nitrogens with one attached hydrogen (secondary N) is 1. The Kier molecular flexibility index (Phi) is 3.36. The Morgan fingerprint density at radius 2 is 1.79 bits per heavy atom. The van der Waals surface area contributed by atoms with Gasteiger partial charge < -0.3 is 19.2 Å². The second-order valence-corrected chi connectivity index (χ2v) is 7.04. The predicted molar refractivity (Wildman–Crippen MR) is 105 cm³/mol. The summed E-state index contributed by atoms with van der Waals surface area (Å²) >= 11 is 0. The molecular formula is C23H18N2O3. The molecule has 0 bridgehead atoms. The average molecular weight is 370 g/mol. The molecule has 5 heteroatoms. The Morgan fingerprint density at radius 3 is 2.71 bits per heavy atom. The van der Waals surface area contributed by atoms with E-state index < -0.39 is 0 Å². The third-order valence-electron chi connectivity index (χ3n) is 5.37. The number of fused-ring (bicyclic) bond motifs is 4. The number of aromatic nitrogens is 1. The van der Waals surface area contributed by atoms with Crippen molar-refractivity contribution < 1.29 is 13.9 Å². The molecule has 138 valence electrons. The summed E-state index contributed by atoms with van der Waals surface area (Å²) in [6.07, 6.45) is 2.05. The molecule has 1 unspecified atom stereocenters. The first-order valence-electron chi connectivity index (χ1n) is 9.35. The number of furan rings is 1. The van der Waals surface area contributed by atoms with Crippen molar-refractivity contribution in [2.24, 2.45) is 0 Å². The van der Waals surface area contributed by atoms with E-state index in [0.29, 0.717) is 6.54 Å². The van der Waals surface area contributed by atoms with Crippen LogP contribution >= 0.6 is 0 Å². The molecule has 2 aliphatic heterocycles. The number of ether oxygens (including phenoxy) is 2. The summed E-state index contributed by atoms with van der Waals surface area (Å²) in [5.41, 5.74) is 4.49. The zero-order valence-corrected chi connectivity index (χ0v) is 15.1. The molecule has 0 fully saturated rings. The maximum Gasteiger partial charge on any atom is 0.231 e. The number of benzene rings is 2. The lowest BCUT2D eigenvalue weighted by molar-refractivity contribution is 0.174. The van der Waals surface area contributed by atoms with Crippen LogP contribution in [0.5, 0.6) is 11.5 Å². The standard InChI is InChI=1S/C23H18N2O3/c1-2-5-15(6-3-1)20-12-17-13-24-22(18-7-4-10-25(18)23(17)28-20)16-8-9-19-21(11-16)27-14-26-19/h1-12,22,24H,13-14H2. The van der Waals surface area contributed by atoms with Crippen molar-refractivity contribution in [3.05, 3.63) is 89.7 Å². The van der Waals surface area contributed by atoms with Crippen LogP contribution in [0.3, 0.4) is 0 Å². The highest BCUT2D eigenvalue weighted by Gasteiger charge is 2.27. The van der Waals surface area contributed by atoms with Gasteiger partial charge in [-0.05, 0) is 35.9 Å². The Bertz CT molecular complexity index is 1160. The summed E-state index contributed by atoms with van der Waals surface area (Å²) in [6, 6.07) is 22.7. The Balaban J connectivity index is 1.43. The number of rotatable bonds is 2. The molecule has 2 aliphatic rings. The van der Waals surface area contributed by atoms with Gasteiger partial charge in [-0.1, -0.05) is 36.4 Å². The fraction of sp³-hybridized carbons (Fsp3) is 0.130.